The zero-order chi connectivity index (χ0) is 13.0. The average molecular weight is 237 g/mol. The first-order chi connectivity index (χ1) is 7.90. The summed E-state index contributed by atoms with van der Waals surface area (Å²) in [4.78, 5) is 2.09. The zero-order valence-electron chi connectivity index (χ0n) is 10.6. The van der Waals surface area contributed by atoms with E-state index in [2.05, 4.69) is 4.90 Å². The van der Waals surface area contributed by atoms with Gasteiger partial charge in [-0.2, -0.15) is 0 Å². The summed E-state index contributed by atoms with van der Waals surface area (Å²) in [7, 11) is 1.97. The maximum absolute atomic E-state index is 12.9. The van der Waals surface area contributed by atoms with Crippen LogP contribution >= 0.6 is 0 Å². The molecule has 17 heavy (non-hydrogen) atoms. The molecule has 0 radical (unpaired) electrons. The van der Waals surface area contributed by atoms with Crippen LogP contribution in [0.2, 0.25) is 0 Å². The predicted molar refractivity (Wildman–Crippen MR) is 68.5 cm³/mol. The van der Waals surface area contributed by atoms with Gasteiger partial charge in [0.25, 0.3) is 0 Å². The van der Waals surface area contributed by atoms with E-state index in [1.807, 2.05) is 20.9 Å². The van der Waals surface area contributed by atoms with E-state index in [0.29, 0.717) is 0 Å². The van der Waals surface area contributed by atoms with E-state index in [4.69, 9.17) is 11.1 Å². The van der Waals surface area contributed by atoms with Gasteiger partial charge in [0.05, 0.1) is 5.84 Å². The molecular weight excluding hydrogens is 217 g/mol. The van der Waals surface area contributed by atoms with E-state index in [1.54, 1.807) is 6.07 Å². The summed E-state index contributed by atoms with van der Waals surface area (Å²) < 4.78 is 12.9. The van der Waals surface area contributed by atoms with Crippen molar-refractivity contribution in [2.45, 2.75) is 20.4 Å². The lowest BCUT2D eigenvalue weighted by atomic mass is 10.1. The lowest BCUT2D eigenvalue weighted by Crippen LogP contribution is -2.31. The topological polar surface area (TPSA) is 53.1 Å². The fourth-order valence-electron chi connectivity index (χ4n) is 1.76. The molecular formula is C13H20FN3. The molecule has 4 heteroatoms. The third-order valence-corrected chi connectivity index (χ3v) is 2.86. The molecule has 0 aliphatic rings. The van der Waals surface area contributed by atoms with Gasteiger partial charge < -0.3 is 10.6 Å². The highest BCUT2D eigenvalue weighted by Gasteiger charge is 2.10. The second kappa shape index (κ2) is 5.77. The van der Waals surface area contributed by atoms with E-state index < -0.39 is 0 Å². The molecule has 3 nitrogen and oxygen atoms in total. The Bertz CT molecular complexity index is 404. The van der Waals surface area contributed by atoms with Gasteiger partial charge in [0.15, 0.2) is 0 Å². The first-order valence-electron chi connectivity index (χ1n) is 5.67. The Balaban J connectivity index is 2.62. The molecule has 3 N–H and O–H groups in total. The van der Waals surface area contributed by atoms with Crippen molar-refractivity contribution < 1.29 is 4.39 Å². The first kappa shape index (κ1) is 13.6. The minimum atomic E-state index is -0.203. The van der Waals surface area contributed by atoms with Crippen molar-refractivity contribution in [2.75, 3.05) is 13.6 Å². The highest BCUT2D eigenvalue weighted by atomic mass is 19.1. The number of halogens is 1. The number of rotatable bonds is 5. The second-order valence-electron chi connectivity index (χ2n) is 4.62. The predicted octanol–water partition coefficient (Wildman–Crippen LogP) is 2.14. The van der Waals surface area contributed by atoms with Crippen LogP contribution in [0.4, 0.5) is 4.39 Å². The fourth-order valence-corrected chi connectivity index (χ4v) is 1.76. The van der Waals surface area contributed by atoms with Crippen LogP contribution < -0.4 is 5.73 Å². The molecule has 0 heterocycles. The molecule has 1 rings (SSSR count). The number of nitrogens with one attached hydrogen (secondary N) is 1. The van der Waals surface area contributed by atoms with Crippen molar-refractivity contribution in [2.24, 2.45) is 11.7 Å². The van der Waals surface area contributed by atoms with Gasteiger partial charge in [-0.1, -0.05) is 13.0 Å². The number of aryl methyl sites for hydroxylation is 1. The van der Waals surface area contributed by atoms with Gasteiger partial charge in [-0.25, -0.2) is 4.39 Å². The van der Waals surface area contributed by atoms with Crippen molar-refractivity contribution in [3.63, 3.8) is 0 Å². The van der Waals surface area contributed by atoms with Gasteiger partial charge in [0.2, 0.25) is 0 Å². The Morgan fingerprint density at radius 2 is 2.18 bits per heavy atom. The van der Waals surface area contributed by atoms with Gasteiger partial charge >= 0.3 is 0 Å². The van der Waals surface area contributed by atoms with Gasteiger partial charge in [-0.15, -0.1) is 0 Å². The summed E-state index contributed by atoms with van der Waals surface area (Å²) in [6.45, 7) is 5.30. The second-order valence-corrected chi connectivity index (χ2v) is 4.62. The molecule has 1 aromatic carbocycles. The summed E-state index contributed by atoms with van der Waals surface area (Å²) in [6, 6.07) is 4.82. The summed E-state index contributed by atoms with van der Waals surface area (Å²) in [5, 5.41) is 7.35. The number of benzene rings is 1. The Morgan fingerprint density at radius 1 is 1.53 bits per heavy atom. The lowest BCUT2D eigenvalue weighted by molar-refractivity contribution is 0.305. The van der Waals surface area contributed by atoms with Gasteiger partial charge in [-0.3, -0.25) is 5.41 Å². The van der Waals surface area contributed by atoms with Crippen LogP contribution in [0.1, 0.15) is 18.1 Å². The fraction of sp³-hybridized carbons (Fsp3) is 0.462. The lowest BCUT2D eigenvalue weighted by Gasteiger charge is -2.21. The number of amidine groups is 1. The molecule has 0 spiro atoms. The van der Waals surface area contributed by atoms with Gasteiger partial charge in [0.1, 0.15) is 5.82 Å². The maximum Gasteiger partial charge on any atom is 0.123 e. The van der Waals surface area contributed by atoms with Crippen molar-refractivity contribution in [3.05, 3.63) is 35.1 Å². The van der Waals surface area contributed by atoms with Crippen molar-refractivity contribution in [3.8, 4) is 0 Å². The largest absolute Gasteiger partial charge is 0.387 e. The zero-order valence-corrected chi connectivity index (χ0v) is 10.6. The molecule has 0 fully saturated rings. The van der Waals surface area contributed by atoms with E-state index in [1.165, 1.54) is 12.1 Å². The monoisotopic (exact) mass is 237 g/mol. The maximum atomic E-state index is 12.9. The smallest absolute Gasteiger partial charge is 0.123 e. The van der Waals surface area contributed by atoms with E-state index in [-0.39, 0.29) is 17.6 Å². The molecule has 1 atom stereocenters. The first-order valence-corrected chi connectivity index (χ1v) is 5.67. The van der Waals surface area contributed by atoms with Crippen molar-refractivity contribution in [1.82, 2.24) is 4.90 Å². The summed E-state index contributed by atoms with van der Waals surface area (Å²) in [5.74, 6) is 0.0411. The third-order valence-electron chi connectivity index (χ3n) is 2.86. The molecule has 0 bridgehead atoms. The normalized spacial score (nSPS) is 12.8. The molecule has 0 aromatic heterocycles. The molecule has 0 amide bonds. The summed E-state index contributed by atoms with van der Waals surface area (Å²) in [5.41, 5.74) is 7.49. The molecule has 0 saturated carbocycles. The van der Waals surface area contributed by atoms with Crippen molar-refractivity contribution >= 4 is 5.84 Å². The van der Waals surface area contributed by atoms with E-state index in [9.17, 15) is 4.39 Å². The quantitative estimate of drug-likeness (QED) is 0.609. The molecule has 94 valence electrons. The van der Waals surface area contributed by atoms with Crippen LogP contribution in [0.15, 0.2) is 18.2 Å². The molecule has 1 unspecified atom stereocenters. The minimum Gasteiger partial charge on any atom is -0.387 e. The summed E-state index contributed by atoms with van der Waals surface area (Å²) >= 11 is 0. The SMILES string of the molecule is Cc1cc(F)ccc1CN(C)CC(C)C(=N)N. The van der Waals surface area contributed by atoms with Crippen LogP contribution in [0.5, 0.6) is 0 Å². The molecule has 0 saturated heterocycles. The van der Waals surface area contributed by atoms with E-state index in [0.717, 1.165) is 24.2 Å². The Hall–Kier alpha value is -1.42. The number of nitrogens with zero attached hydrogens (tertiary/aromatic N) is 1. The highest BCUT2D eigenvalue weighted by molar-refractivity contribution is 5.79. The summed E-state index contributed by atoms with van der Waals surface area (Å²) in [6.07, 6.45) is 0. The number of hydrogen-bond donors (Lipinski definition) is 2. The van der Waals surface area contributed by atoms with Crippen LogP contribution in [-0.4, -0.2) is 24.3 Å². The minimum absolute atomic E-state index is 0.0424. The van der Waals surface area contributed by atoms with Crippen LogP contribution in [0, 0.1) is 24.1 Å². The van der Waals surface area contributed by atoms with Crippen LogP contribution in [0.25, 0.3) is 0 Å². The average Bonchev–Trinajstić information content (AvgIpc) is 2.22. The Morgan fingerprint density at radius 3 is 2.71 bits per heavy atom. The van der Waals surface area contributed by atoms with Gasteiger partial charge in [0, 0.05) is 19.0 Å². The Kier molecular flexibility index (Phi) is 4.63. The van der Waals surface area contributed by atoms with Crippen LogP contribution in [0.3, 0.4) is 0 Å². The highest BCUT2D eigenvalue weighted by Crippen LogP contribution is 2.12. The standard InChI is InChI=1S/C13H20FN3/c1-9-6-12(14)5-4-11(9)8-17(3)7-10(2)13(15)16/h4-6,10H,7-8H2,1-3H3,(H3,15,16). The molecule has 1 aromatic rings. The Labute approximate surface area is 102 Å². The number of hydrogen-bond acceptors (Lipinski definition) is 2. The number of nitrogens with two attached hydrogens (primary N) is 1. The van der Waals surface area contributed by atoms with E-state index >= 15 is 0 Å². The third kappa shape index (κ3) is 4.15. The molecule has 0 aliphatic carbocycles. The molecule has 0 aliphatic heterocycles. The van der Waals surface area contributed by atoms with Crippen LogP contribution in [-0.2, 0) is 6.54 Å². The van der Waals surface area contributed by atoms with Crippen molar-refractivity contribution in [1.29, 1.82) is 5.41 Å². The van der Waals surface area contributed by atoms with Gasteiger partial charge in [-0.05, 0) is 37.2 Å².